The van der Waals surface area contributed by atoms with Gasteiger partial charge in [0, 0.05) is 12.5 Å². The fourth-order valence-electron chi connectivity index (χ4n) is 1.96. The van der Waals surface area contributed by atoms with Gasteiger partial charge in [-0.05, 0) is 29.3 Å². The van der Waals surface area contributed by atoms with Crippen LogP contribution in [0.1, 0.15) is 16.7 Å². The Morgan fingerprint density at radius 2 is 2.18 bits per heavy atom. The van der Waals surface area contributed by atoms with Crippen LogP contribution in [0.2, 0.25) is 5.15 Å². The summed E-state index contributed by atoms with van der Waals surface area (Å²) in [6.45, 7) is 3.84. The normalized spacial score (nSPS) is 11.5. The molecule has 2 aromatic rings. The average Bonchev–Trinajstić information content (AvgIpc) is 2.53. The quantitative estimate of drug-likeness (QED) is 0.656. The highest BCUT2D eigenvalue weighted by Crippen LogP contribution is 2.18. The van der Waals surface area contributed by atoms with Gasteiger partial charge < -0.3 is 9.84 Å². The fourth-order valence-corrected chi connectivity index (χ4v) is 2.11. The number of halogens is 1. The van der Waals surface area contributed by atoms with Gasteiger partial charge >= 0.3 is 0 Å². The van der Waals surface area contributed by atoms with Crippen LogP contribution >= 0.6 is 11.6 Å². The molecule has 0 saturated carbocycles. The molecule has 0 spiro atoms. The van der Waals surface area contributed by atoms with E-state index in [1.807, 2.05) is 6.07 Å². The van der Waals surface area contributed by atoms with E-state index >= 15 is 0 Å². The van der Waals surface area contributed by atoms with Gasteiger partial charge in [-0.25, -0.2) is 4.98 Å². The number of ether oxygens (including phenoxy) is 1. The summed E-state index contributed by atoms with van der Waals surface area (Å²) >= 11 is 5.81. The second kappa shape index (κ2) is 7.60. The minimum absolute atomic E-state index is 0.276. The first kappa shape index (κ1) is 16.0. The van der Waals surface area contributed by atoms with Gasteiger partial charge in [-0.1, -0.05) is 29.8 Å². The standard InChI is InChI=1S/C17H15ClN2O2/c1-2-15(21)9-14-8-12(10-19)6-7-13(14)11-22-17-5-3-4-16(18)20-17/h2-8,15,21H,1,9,11H2. The molecule has 0 aliphatic heterocycles. The summed E-state index contributed by atoms with van der Waals surface area (Å²) in [5.41, 5.74) is 2.26. The highest BCUT2D eigenvalue weighted by Gasteiger charge is 2.09. The van der Waals surface area contributed by atoms with Gasteiger partial charge in [0.2, 0.25) is 5.88 Å². The van der Waals surface area contributed by atoms with Crippen LogP contribution in [0.5, 0.6) is 5.88 Å². The fraction of sp³-hybridized carbons (Fsp3) is 0.176. The van der Waals surface area contributed by atoms with Gasteiger partial charge in [-0.15, -0.1) is 6.58 Å². The van der Waals surface area contributed by atoms with Crippen molar-refractivity contribution < 1.29 is 9.84 Å². The first-order valence-corrected chi connectivity index (χ1v) is 7.08. The van der Waals surface area contributed by atoms with Crippen LogP contribution in [-0.2, 0) is 13.0 Å². The second-order valence-electron chi connectivity index (χ2n) is 4.69. The van der Waals surface area contributed by atoms with Crippen LogP contribution in [0.4, 0.5) is 0 Å². The minimum atomic E-state index is -0.669. The Balaban J connectivity index is 2.18. The predicted octanol–water partition coefficient (Wildman–Crippen LogP) is 3.28. The number of aliphatic hydroxyl groups excluding tert-OH is 1. The maximum Gasteiger partial charge on any atom is 0.214 e. The summed E-state index contributed by atoms with van der Waals surface area (Å²) in [6.07, 6.45) is 1.17. The van der Waals surface area contributed by atoms with Crippen molar-refractivity contribution in [3.05, 3.63) is 70.9 Å². The van der Waals surface area contributed by atoms with Crippen molar-refractivity contribution in [2.45, 2.75) is 19.1 Å². The molecule has 0 saturated heterocycles. The van der Waals surface area contributed by atoms with Gasteiger partial charge in [0.05, 0.1) is 17.7 Å². The van der Waals surface area contributed by atoms with Crippen LogP contribution < -0.4 is 4.74 Å². The Morgan fingerprint density at radius 3 is 2.86 bits per heavy atom. The molecule has 0 fully saturated rings. The molecule has 22 heavy (non-hydrogen) atoms. The van der Waals surface area contributed by atoms with Crippen molar-refractivity contribution in [1.82, 2.24) is 4.98 Å². The van der Waals surface area contributed by atoms with E-state index in [4.69, 9.17) is 21.6 Å². The van der Waals surface area contributed by atoms with Gasteiger partial charge in [0.15, 0.2) is 0 Å². The van der Waals surface area contributed by atoms with Gasteiger partial charge in [0.1, 0.15) is 11.8 Å². The van der Waals surface area contributed by atoms with E-state index in [1.54, 1.807) is 30.3 Å². The molecule has 112 valence electrons. The number of hydrogen-bond donors (Lipinski definition) is 1. The van der Waals surface area contributed by atoms with Crippen molar-refractivity contribution >= 4 is 11.6 Å². The maximum absolute atomic E-state index is 9.75. The smallest absolute Gasteiger partial charge is 0.214 e. The van der Waals surface area contributed by atoms with Crippen LogP contribution in [0, 0.1) is 11.3 Å². The lowest BCUT2D eigenvalue weighted by Gasteiger charge is -2.13. The van der Waals surface area contributed by atoms with Gasteiger partial charge in [-0.3, -0.25) is 0 Å². The summed E-state index contributed by atoms with van der Waals surface area (Å²) < 4.78 is 5.62. The predicted molar refractivity (Wildman–Crippen MR) is 84.6 cm³/mol. The summed E-state index contributed by atoms with van der Waals surface area (Å²) in [5, 5.41) is 19.1. The van der Waals surface area contributed by atoms with Crippen LogP contribution in [0.3, 0.4) is 0 Å². The Kier molecular flexibility index (Phi) is 5.54. The molecule has 1 N–H and O–H groups in total. The molecular weight excluding hydrogens is 300 g/mol. The highest BCUT2D eigenvalue weighted by molar-refractivity contribution is 6.29. The third-order valence-corrected chi connectivity index (χ3v) is 3.31. The Morgan fingerprint density at radius 1 is 1.36 bits per heavy atom. The van der Waals surface area contributed by atoms with Crippen molar-refractivity contribution in [1.29, 1.82) is 5.26 Å². The van der Waals surface area contributed by atoms with Crippen LogP contribution in [0.15, 0.2) is 49.1 Å². The van der Waals surface area contributed by atoms with Crippen molar-refractivity contribution in [3.8, 4) is 11.9 Å². The van der Waals surface area contributed by atoms with Crippen LogP contribution in [0.25, 0.3) is 0 Å². The highest BCUT2D eigenvalue weighted by atomic mass is 35.5. The largest absolute Gasteiger partial charge is 0.473 e. The summed E-state index contributed by atoms with van der Waals surface area (Å²) in [4.78, 5) is 4.05. The Labute approximate surface area is 134 Å². The molecular formula is C17H15ClN2O2. The molecule has 0 aliphatic rings. The van der Waals surface area contributed by atoms with Gasteiger partial charge in [-0.2, -0.15) is 5.26 Å². The Hall–Kier alpha value is -2.35. The van der Waals surface area contributed by atoms with Crippen molar-refractivity contribution in [2.24, 2.45) is 0 Å². The molecule has 5 heteroatoms. The monoisotopic (exact) mass is 314 g/mol. The molecule has 0 aliphatic carbocycles. The average molecular weight is 315 g/mol. The number of nitrogens with zero attached hydrogens (tertiary/aromatic N) is 2. The number of nitriles is 1. The third kappa shape index (κ3) is 4.32. The molecule has 1 aromatic carbocycles. The lowest BCUT2D eigenvalue weighted by molar-refractivity contribution is 0.222. The first-order chi connectivity index (χ1) is 10.6. The zero-order chi connectivity index (χ0) is 15.9. The Bertz CT molecular complexity index is 710. The van der Waals surface area contributed by atoms with Gasteiger partial charge in [0.25, 0.3) is 0 Å². The number of benzene rings is 1. The molecule has 0 amide bonds. The first-order valence-electron chi connectivity index (χ1n) is 6.70. The minimum Gasteiger partial charge on any atom is -0.473 e. The summed E-state index contributed by atoms with van der Waals surface area (Å²) in [6, 6.07) is 12.5. The molecule has 2 rings (SSSR count). The van der Waals surface area contributed by atoms with E-state index in [9.17, 15) is 5.11 Å². The van der Waals surface area contributed by atoms with Crippen molar-refractivity contribution in [3.63, 3.8) is 0 Å². The number of aromatic nitrogens is 1. The molecule has 1 aromatic heterocycles. The van der Waals surface area contributed by atoms with E-state index in [0.717, 1.165) is 11.1 Å². The molecule has 0 radical (unpaired) electrons. The number of pyridine rings is 1. The van der Waals surface area contributed by atoms with Crippen molar-refractivity contribution in [2.75, 3.05) is 0 Å². The third-order valence-electron chi connectivity index (χ3n) is 3.10. The summed E-state index contributed by atoms with van der Waals surface area (Å²) in [7, 11) is 0. The second-order valence-corrected chi connectivity index (χ2v) is 5.08. The molecule has 1 unspecified atom stereocenters. The van der Waals surface area contributed by atoms with E-state index in [1.165, 1.54) is 6.08 Å². The van der Waals surface area contributed by atoms with E-state index in [0.29, 0.717) is 23.0 Å². The topological polar surface area (TPSA) is 66.1 Å². The summed E-state index contributed by atoms with van der Waals surface area (Å²) in [5.74, 6) is 0.423. The maximum atomic E-state index is 9.75. The molecule has 4 nitrogen and oxygen atoms in total. The lowest BCUT2D eigenvalue weighted by atomic mass is 9.99. The van der Waals surface area contributed by atoms with E-state index in [-0.39, 0.29) is 6.61 Å². The number of hydrogen-bond acceptors (Lipinski definition) is 4. The lowest BCUT2D eigenvalue weighted by Crippen LogP contribution is -2.10. The SMILES string of the molecule is C=CC(O)Cc1cc(C#N)ccc1COc1cccc(Cl)n1. The molecule has 1 atom stereocenters. The molecule has 1 heterocycles. The zero-order valence-electron chi connectivity index (χ0n) is 11.9. The number of aliphatic hydroxyl groups is 1. The van der Waals surface area contributed by atoms with Crippen LogP contribution in [-0.4, -0.2) is 16.2 Å². The number of rotatable bonds is 6. The zero-order valence-corrected chi connectivity index (χ0v) is 12.6. The molecule has 0 bridgehead atoms. The van der Waals surface area contributed by atoms with E-state index < -0.39 is 6.10 Å². The van der Waals surface area contributed by atoms with E-state index in [2.05, 4.69) is 17.6 Å².